The van der Waals surface area contributed by atoms with Crippen LogP contribution in [0.2, 0.25) is 0 Å². The molecule has 2 aliphatic rings. The molecule has 0 N–H and O–H groups in total. The third-order valence-electron chi connectivity index (χ3n) is 4.58. The standard InChI is InChI=1S/C19H26N2O3/c1-5-13-8-9-20-17(10-13)23-16-11-14-6-7-15(12-16)21(14)18(22)24-19(2,3)4/h5,8-10,14-16H,1,6-7,11-12H2,2-4H3/t14-,15+,16?. The van der Waals surface area contributed by atoms with Crippen molar-refractivity contribution in [2.45, 2.75) is 70.2 Å². The SMILES string of the molecule is C=Cc1ccnc(OC2C[C@H]3CC[C@@H](C2)N3C(=O)OC(C)(C)C)c1. The second-order valence-corrected chi connectivity index (χ2v) is 7.62. The van der Waals surface area contributed by atoms with Gasteiger partial charge in [-0.25, -0.2) is 9.78 Å². The van der Waals surface area contributed by atoms with E-state index in [0.29, 0.717) is 5.88 Å². The van der Waals surface area contributed by atoms with Gasteiger partial charge in [-0.3, -0.25) is 0 Å². The van der Waals surface area contributed by atoms with Crippen molar-refractivity contribution in [2.75, 3.05) is 0 Å². The molecule has 5 nitrogen and oxygen atoms in total. The van der Waals surface area contributed by atoms with Crippen LogP contribution in [0.25, 0.3) is 6.08 Å². The van der Waals surface area contributed by atoms with Crippen LogP contribution in [0.3, 0.4) is 0 Å². The predicted octanol–water partition coefficient (Wildman–Crippen LogP) is 4.03. The normalized spacial score (nSPS) is 26.1. The van der Waals surface area contributed by atoms with Crippen molar-refractivity contribution >= 4 is 12.2 Å². The highest BCUT2D eigenvalue weighted by atomic mass is 16.6. The maximum absolute atomic E-state index is 12.5. The Balaban J connectivity index is 1.64. The molecule has 1 aromatic rings. The molecular weight excluding hydrogens is 304 g/mol. The van der Waals surface area contributed by atoms with Crippen LogP contribution in [-0.2, 0) is 4.74 Å². The molecule has 2 aliphatic heterocycles. The number of ether oxygens (including phenoxy) is 2. The molecule has 130 valence electrons. The third-order valence-corrected chi connectivity index (χ3v) is 4.58. The average Bonchev–Trinajstić information content (AvgIpc) is 2.77. The molecule has 5 heteroatoms. The van der Waals surface area contributed by atoms with Crippen molar-refractivity contribution in [3.63, 3.8) is 0 Å². The van der Waals surface area contributed by atoms with Gasteiger partial charge in [-0.15, -0.1) is 0 Å². The highest BCUT2D eigenvalue weighted by molar-refractivity contribution is 5.69. The number of hydrogen-bond donors (Lipinski definition) is 0. The molecular formula is C19H26N2O3. The number of nitrogens with zero attached hydrogens (tertiary/aromatic N) is 2. The summed E-state index contributed by atoms with van der Waals surface area (Å²) in [6.07, 6.45) is 7.10. The van der Waals surface area contributed by atoms with Crippen LogP contribution in [0.15, 0.2) is 24.9 Å². The molecule has 1 amide bonds. The van der Waals surface area contributed by atoms with Crippen molar-refractivity contribution in [3.05, 3.63) is 30.5 Å². The van der Waals surface area contributed by atoms with Gasteiger partial charge in [0.2, 0.25) is 5.88 Å². The number of carbonyl (C=O) groups excluding carboxylic acids is 1. The van der Waals surface area contributed by atoms with Crippen LogP contribution in [-0.4, -0.2) is 39.8 Å². The van der Waals surface area contributed by atoms with Crippen LogP contribution >= 0.6 is 0 Å². The smallest absolute Gasteiger partial charge is 0.410 e. The molecule has 2 fully saturated rings. The van der Waals surface area contributed by atoms with E-state index in [1.807, 2.05) is 37.8 Å². The first-order valence-corrected chi connectivity index (χ1v) is 8.62. The van der Waals surface area contributed by atoms with Gasteiger partial charge in [-0.2, -0.15) is 0 Å². The first-order chi connectivity index (χ1) is 11.4. The van der Waals surface area contributed by atoms with E-state index in [4.69, 9.17) is 9.47 Å². The molecule has 3 atom stereocenters. The molecule has 3 rings (SSSR count). The van der Waals surface area contributed by atoms with E-state index in [0.717, 1.165) is 31.2 Å². The number of fused-ring (bicyclic) bond motifs is 2. The Labute approximate surface area is 143 Å². The highest BCUT2D eigenvalue weighted by Crippen LogP contribution is 2.38. The molecule has 24 heavy (non-hydrogen) atoms. The second-order valence-electron chi connectivity index (χ2n) is 7.62. The third kappa shape index (κ3) is 3.71. The van der Waals surface area contributed by atoms with E-state index >= 15 is 0 Å². The summed E-state index contributed by atoms with van der Waals surface area (Å²) < 4.78 is 11.6. The molecule has 2 saturated heterocycles. The van der Waals surface area contributed by atoms with Crippen molar-refractivity contribution < 1.29 is 14.3 Å². The van der Waals surface area contributed by atoms with Crippen molar-refractivity contribution in [2.24, 2.45) is 0 Å². The summed E-state index contributed by atoms with van der Waals surface area (Å²) in [6, 6.07) is 4.20. The Morgan fingerprint density at radius 3 is 2.58 bits per heavy atom. The number of hydrogen-bond acceptors (Lipinski definition) is 4. The van der Waals surface area contributed by atoms with E-state index in [1.165, 1.54) is 0 Å². The first-order valence-electron chi connectivity index (χ1n) is 8.62. The zero-order valence-electron chi connectivity index (χ0n) is 14.7. The van der Waals surface area contributed by atoms with Gasteiger partial charge >= 0.3 is 6.09 Å². The van der Waals surface area contributed by atoms with E-state index in [2.05, 4.69) is 11.6 Å². The number of piperidine rings is 1. The van der Waals surface area contributed by atoms with Crippen LogP contribution in [0.1, 0.15) is 52.0 Å². The lowest BCUT2D eigenvalue weighted by Gasteiger charge is -2.39. The fourth-order valence-electron chi connectivity index (χ4n) is 3.62. The maximum Gasteiger partial charge on any atom is 0.410 e. The van der Waals surface area contributed by atoms with Gasteiger partial charge in [-0.05, 0) is 45.2 Å². The van der Waals surface area contributed by atoms with Gasteiger partial charge in [0, 0.05) is 37.2 Å². The summed E-state index contributed by atoms with van der Waals surface area (Å²) in [5, 5.41) is 0. The zero-order valence-corrected chi connectivity index (χ0v) is 14.7. The molecule has 2 bridgehead atoms. The quantitative estimate of drug-likeness (QED) is 0.839. The predicted molar refractivity (Wildman–Crippen MR) is 92.9 cm³/mol. The van der Waals surface area contributed by atoms with Crippen molar-refractivity contribution in [3.8, 4) is 5.88 Å². The summed E-state index contributed by atoms with van der Waals surface area (Å²) in [7, 11) is 0. The maximum atomic E-state index is 12.5. The number of carbonyl (C=O) groups is 1. The molecule has 0 spiro atoms. The Hall–Kier alpha value is -2.04. The van der Waals surface area contributed by atoms with Crippen LogP contribution in [0.4, 0.5) is 4.79 Å². The number of aromatic nitrogens is 1. The van der Waals surface area contributed by atoms with Gasteiger partial charge in [-0.1, -0.05) is 12.7 Å². The monoisotopic (exact) mass is 330 g/mol. The lowest BCUT2D eigenvalue weighted by molar-refractivity contribution is -0.00759. The Bertz CT molecular complexity index is 609. The molecule has 0 saturated carbocycles. The summed E-state index contributed by atoms with van der Waals surface area (Å²) in [5.41, 5.74) is 0.535. The van der Waals surface area contributed by atoms with Gasteiger partial charge in [0.1, 0.15) is 11.7 Å². The minimum atomic E-state index is -0.459. The Morgan fingerprint density at radius 2 is 2.00 bits per heavy atom. The second kappa shape index (κ2) is 6.46. The summed E-state index contributed by atoms with van der Waals surface area (Å²) >= 11 is 0. The van der Waals surface area contributed by atoms with Crippen LogP contribution < -0.4 is 4.74 Å². The molecule has 0 radical (unpaired) electrons. The topological polar surface area (TPSA) is 51.7 Å². The molecule has 0 aliphatic carbocycles. The van der Waals surface area contributed by atoms with E-state index < -0.39 is 5.60 Å². The van der Waals surface area contributed by atoms with Crippen molar-refractivity contribution in [1.82, 2.24) is 9.88 Å². The lowest BCUT2D eigenvalue weighted by atomic mass is 10.0. The van der Waals surface area contributed by atoms with Gasteiger partial charge in [0.05, 0.1) is 0 Å². The largest absolute Gasteiger partial charge is 0.474 e. The minimum absolute atomic E-state index is 0.0914. The number of pyridine rings is 1. The summed E-state index contributed by atoms with van der Waals surface area (Å²) in [5.74, 6) is 0.627. The van der Waals surface area contributed by atoms with Crippen LogP contribution in [0, 0.1) is 0 Å². The van der Waals surface area contributed by atoms with Gasteiger partial charge < -0.3 is 14.4 Å². The van der Waals surface area contributed by atoms with Crippen molar-refractivity contribution in [1.29, 1.82) is 0 Å². The molecule has 0 aromatic carbocycles. The summed E-state index contributed by atoms with van der Waals surface area (Å²) in [4.78, 5) is 18.7. The average molecular weight is 330 g/mol. The van der Waals surface area contributed by atoms with Gasteiger partial charge in [0.25, 0.3) is 0 Å². The van der Waals surface area contributed by atoms with E-state index in [-0.39, 0.29) is 24.3 Å². The Morgan fingerprint density at radius 1 is 1.33 bits per heavy atom. The van der Waals surface area contributed by atoms with E-state index in [9.17, 15) is 4.79 Å². The first kappa shape index (κ1) is 16.8. The number of rotatable bonds is 3. The van der Waals surface area contributed by atoms with Gasteiger partial charge in [0.15, 0.2) is 0 Å². The molecule has 3 heterocycles. The zero-order chi connectivity index (χ0) is 17.3. The number of amides is 1. The summed E-state index contributed by atoms with van der Waals surface area (Å²) in [6.45, 7) is 9.48. The minimum Gasteiger partial charge on any atom is -0.474 e. The molecule has 1 unspecified atom stereocenters. The fraction of sp³-hybridized carbons (Fsp3) is 0.579. The van der Waals surface area contributed by atoms with E-state index in [1.54, 1.807) is 12.3 Å². The molecule has 1 aromatic heterocycles. The highest BCUT2D eigenvalue weighted by Gasteiger charge is 2.45. The lowest BCUT2D eigenvalue weighted by Crippen LogP contribution is -2.50. The fourth-order valence-corrected chi connectivity index (χ4v) is 3.62. The Kier molecular flexibility index (Phi) is 4.52. The van der Waals surface area contributed by atoms with Crippen LogP contribution in [0.5, 0.6) is 5.88 Å².